The number of rotatable bonds is 4. The van der Waals surface area contributed by atoms with Crippen molar-refractivity contribution in [2.45, 2.75) is 20.8 Å². The fraction of sp³-hybridized carbons (Fsp3) is 0.235. The first-order valence-electron chi connectivity index (χ1n) is 6.83. The van der Waals surface area contributed by atoms with Gasteiger partial charge in [-0.1, -0.05) is 41.4 Å². The highest BCUT2D eigenvalue weighted by atomic mass is 35.5. The molecule has 0 atom stereocenters. The van der Waals surface area contributed by atoms with E-state index < -0.39 is 0 Å². The third kappa shape index (κ3) is 3.99. The number of carbonyl (C=O) groups is 1. The molecule has 0 aliphatic carbocycles. The molecule has 0 saturated heterocycles. The van der Waals surface area contributed by atoms with Gasteiger partial charge in [-0.2, -0.15) is 0 Å². The smallest absolute Gasteiger partial charge is 0.243 e. The first-order valence-corrected chi connectivity index (χ1v) is 7.21. The molecular formula is C17H19ClN2O. The van der Waals surface area contributed by atoms with E-state index in [1.807, 2.05) is 26.0 Å². The zero-order valence-corrected chi connectivity index (χ0v) is 13.2. The molecule has 0 radical (unpaired) electrons. The summed E-state index contributed by atoms with van der Waals surface area (Å²) in [6.45, 7) is 6.34. The average molecular weight is 303 g/mol. The Morgan fingerprint density at radius 3 is 2.33 bits per heavy atom. The molecule has 0 unspecified atom stereocenters. The molecule has 4 heteroatoms. The van der Waals surface area contributed by atoms with Crippen molar-refractivity contribution in [3.8, 4) is 0 Å². The highest BCUT2D eigenvalue weighted by Crippen LogP contribution is 2.22. The molecule has 0 spiro atoms. The van der Waals surface area contributed by atoms with Crippen molar-refractivity contribution >= 4 is 28.9 Å². The Hall–Kier alpha value is -2.00. The van der Waals surface area contributed by atoms with Crippen LogP contribution in [0.3, 0.4) is 0 Å². The third-order valence-corrected chi connectivity index (χ3v) is 3.58. The third-order valence-electron chi connectivity index (χ3n) is 3.25. The number of carbonyl (C=O) groups excluding carboxylic acids is 1. The molecule has 0 aliphatic heterocycles. The molecule has 0 aromatic heterocycles. The minimum absolute atomic E-state index is 0.123. The van der Waals surface area contributed by atoms with Crippen molar-refractivity contribution in [3.05, 3.63) is 58.1 Å². The summed E-state index contributed by atoms with van der Waals surface area (Å²) >= 11 is 6.02. The maximum atomic E-state index is 12.0. The Balaban J connectivity index is 2.01. The van der Waals surface area contributed by atoms with Crippen molar-refractivity contribution in [1.82, 2.24) is 0 Å². The van der Waals surface area contributed by atoms with Crippen LogP contribution in [0.4, 0.5) is 11.4 Å². The zero-order chi connectivity index (χ0) is 15.4. The van der Waals surface area contributed by atoms with Crippen molar-refractivity contribution in [2.24, 2.45) is 0 Å². The van der Waals surface area contributed by atoms with E-state index in [0.29, 0.717) is 10.7 Å². The van der Waals surface area contributed by atoms with Crippen LogP contribution in [0, 0.1) is 20.8 Å². The number of aryl methyl sites for hydroxylation is 3. The summed E-state index contributed by atoms with van der Waals surface area (Å²) in [4.78, 5) is 12.0. The Kier molecular flexibility index (Phi) is 4.86. The van der Waals surface area contributed by atoms with E-state index in [1.165, 1.54) is 5.56 Å². The Bertz CT molecular complexity index is 645. The number of anilines is 2. The summed E-state index contributed by atoms with van der Waals surface area (Å²) in [6, 6.07) is 11.4. The van der Waals surface area contributed by atoms with Gasteiger partial charge in [-0.25, -0.2) is 0 Å². The van der Waals surface area contributed by atoms with Crippen molar-refractivity contribution < 1.29 is 4.79 Å². The summed E-state index contributed by atoms with van der Waals surface area (Å²) in [7, 11) is 0. The minimum atomic E-state index is -0.123. The lowest BCUT2D eigenvalue weighted by atomic mass is 10.1. The molecule has 0 bridgehead atoms. The molecule has 21 heavy (non-hydrogen) atoms. The molecule has 0 aliphatic rings. The predicted molar refractivity (Wildman–Crippen MR) is 89.2 cm³/mol. The van der Waals surface area contributed by atoms with E-state index in [2.05, 4.69) is 29.7 Å². The van der Waals surface area contributed by atoms with Crippen LogP contribution in [0.15, 0.2) is 36.4 Å². The maximum Gasteiger partial charge on any atom is 0.243 e. The minimum Gasteiger partial charge on any atom is -0.376 e. The molecule has 110 valence electrons. The monoisotopic (exact) mass is 302 g/mol. The van der Waals surface area contributed by atoms with Gasteiger partial charge < -0.3 is 10.6 Å². The van der Waals surface area contributed by atoms with Crippen LogP contribution in [0.25, 0.3) is 0 Å². The number of hydrogen-bond acceptors (Lipinski definition) is 2. The van der Waals surface area contributed by atoms with Gasteiger partial charge in [0.15, 0.2) is 0 Å². The molecule has 2 N–H and O–H groups in total. The number of benzene rings is 2. The Morgan fingerprint density at radius 2 is 1.71 bits per heavy atom. The van der Waals surface area contributed by atoms with Crippen LogP contribution in [-0.4, -0.2) is 12.5 Å². The van der Waals surface area contributed by atoms with Gasteiger partial charge in [0, 0.05) is 5.69 Å². The first kappa shape index (κ1) is 15.4. The second-order valence-electron chi connectivity index (χ2n) is 5.16. The molecular weight excluding hydrogens is 284 g/mol. The van der Waals surface area contributed by atoms with E-state index in [-0.39, 0.29) is 12.5 Å². The van der Waals surface area contributed by atoms with Gasteiger partial charge in [-0.15, -0.1) is 0 Å². The number of nitrogens with one attached hydrogen (secondary N) is 2. The van der Waals surface area contributed by atoms with E-state index in [1.54, 1.807) is 12.1 Å². The van der Waals surface area contributed by atoms with Crippen molar-refractivity contribution in [2.75, 3.05) is 17.2 Å². The first-order chi connectivity index (χ1) is 9.97. The van der Waals surface area contributed by atoms with Gasteiger partial charge in [0.05, 0.1) is 17.3 Å². The molecule has 2 rings (SSSR count). The van der Waals surface area contributed by atoms with E-state index >= 15 is 0 Å². The molecule has 0 heterocycles. The Morgan fingerprint density at radius 1 is 1.10 bits per heavy atom. The standard InChI is InChI=1S/C17H19ClN2O/c1-11-8-12(2)17(13(3)9-11)19-10-16(21)20-15-7-5-4-6-14(15)18/h4-9,19H,10H2,1-3H3,(H,20,21). The molecule has 0 saturated carbocycles. The normalized spacial score (nSPS) is 10.3. The van der Waals surface area contributed by atoms with Gasteiger partial charge in [0.1, 0.15) is 0 Å². The quantitative estimate of drug-likeness (QED) is 0.883. The van der Waals surface area contributed by atoms with Crippen LogP contribution in [0.1, 0.15) is 16.7 Å². The van der Waals surface area contributed by atoms with Crippen LogP contribution in [-0.2, 0) is 4.79 Å². The van der Waals surface area contributed by atoms with Gasteiger partial charge in [0.2, 0.25) is 5.91 Å². The van der Waals surface area contributed by atoms with Gasteiger partial charge in [0.25, 0.3) is 0 Å². The van der Waals surface area contributed by atoms with E-state index in [0.717, 1.165) is 16.8 Å². The SMILES string of the molecule is Cc1cc(C)c(NCC(=O)Nc2ccccc2Cl)c(C)c1. The zero-order valence-electron chi connectivity index (χ0n) is 12.5. The van der Waals surface area contributed by atoms with E-state index in [9.17, 15) is 4.79 Å². The second kappa shape index (κ2) is 6.64. The number of amides is 1. The molecule has 1 amide bonds. The Labute approximate surface area is 130 Å². The molecule has 0 fully saturated rings. The van der Waals surface area contributed by atoms with Crippen molar-refractivity contribution in [1.29, 1.82) is 0 Å². The molecule has 2 aromatic carbocycles. The van der Waals surface area contributed by atoms with Crippen LogP contribution in [0.2, 0.25) is 5.02 Å². The lowest BCUT2D eigenvalue weighted by Crippen LogP contribution is -2.22. The fourth-order valence-corrected chi connectivity index (χ4v) is 2.57. The predicted octanol–water partition coefficient (Wildman–Crippen LogP) is 4.32. The summed E-state index contributed by atoms with van der Waals surface area (Å²) in [5, 5.41) is 6.53. The number of para-hydroxylation sites is 1. The van der Waals surface area contributed by atoms with E-state index in [4.69, 9.17) is 11.6 Å². The number of hydrogen-bond donors (Lipinski definition) is 2. The second-order valence-corrected chi connectivity index (χ2v) is 5.56. The highest BCUT2D eigenvalue weighted by molar-refractivity contribution is 6.33. The maximum absolute atomic E-state index is 12.0. The molecule has 2 aromatic rings. The van der Waals surface area contributed by atoms with Crippen LogP contribution < -0.4 is 10.6 Å². The lowest BCUT2D eigenvalue weighted by molar-refractivity contribution is -0.114. The van der Waals surface area contributed by atoms with Gasteiger partial charge in [-0.05, 0) is 44.0 Å². The molecule has 3 nitrogen and oxygen atoms in total. The summed E-state index contributed by atoms with van der Waals surface area (Å²) in [6.07, 6.45) is 0. The topological polar surface area (TPSA) is 41.1 Å². The van der Waals surface area contributed by atoms with Gasteiger partial charge in [-0.3, -0.25) is 4.79 Å². The fourth-order valence-electron chi connectivity index (χ4n) is 2.38. The average Bonchev–Trinajstić information content (AvgIpc) is 2.40. The lowest BCUT2D eigenvalue weighted by Gasteiger charge is -2.14. The summed E-state index contributed by atoms with van der Waals surface area (Å²) in [5.74, 6) is -0.123. The van der Waals surface area contributed by atoms with Crippen LogP contribution in [0.5, 0.6) is 0 Å². The number of halogens is 1. The van der Waals surface area contributed by atoms with Crippen LogP contribution >= 0.6 is 11.6 Å². The summed E-state index contributed by atoms with van der Waals surface area (Å²) < 4.78 is 0. The largest absolute Gasteiger partial charge is 0.376 e. The summed E-state index contributed by atoms with van der Waals surface area (Å²) in [5.41, 5.74) is 5.13. The highest BCUT2D eigenvalue weighted by Gasteiger charge is 2.08. The van der Waals surface area contributed by atoms with Crippen molar-refractivity contribution in [3.63, 3.8) is 0 Å². The van der Waals surface area contributed by atoms with Gasteiger partial charge >= 0.3 is 0 Å².